The molecule has 1 aliphatic heterocycles. The van der Waals surface area contributed by atoms with Gasteiger partial charge >= 0.3 is 0 Å². The minimum absolute atomic E-state index is 0.427. The van der Waals surface area contributed by atoms with Crippen molar-refractivity contribution < 1.29 is 8.95 Å². The van der Waals surface area contributed by atoms with Gasteiger partial charge in [-0.2, -0.15) is 0 Å². The summed E-state index contributed by atoms with van der Waals surface area (Å²) in [4.78, 5) is 0. The van der Waals surface area contributed by atoms with Gasteiger partial charge in [0.2, 0.25) is 0 Å². The molecule has 1 aliphatic rings. The van der Waals surface area contributed by atoms with Gasteiger partial charge in [-0.3, -0.25) is 4.21 Å². The molecule has 0 saturated carbocycles. The van der Waals surface area contributed by atoms with E-state index in [9.17, 15) is 4.21 Å². The van der Waals surface area contributed by atoms with E-state index >= 15 is 0 Å². The van der Waals surface area contributed by atoms with E-state index in [1.54, 1.807) is 0 Å². The monoisotopic (exact) mass is 247 g/mol. The lowest BCUT2D eigenvalue weighted by Crippen LogP contribution is -2.46. The Balaban J connectivity index is 2.33. The first-order chi connectivity index (χ1) is 7.63. The van der Waals surface area contributed by atoms with Gasteiger partial charge in [-0.1, -0.05) is 13.8 Å². The molecule has 1 heterocycles. The van der Waals surface area contributed by atoms with Crippen LogP contribution in [0.15, 0.2) is 0 Å². The average Bonchev–Trinajstić information content (AvgIpc) is 2.26. The molecule has 0 aliphatic carbocycles. The second-order valence-corrected chi connectivity index (χ2v) is 6.50. The van der Waals surface area contributed by atoms with Crippen LogP contribution in [0, 0.1) is 5.92 Å². The molecule has 0 bridgehead atoms. The maximum Gasteiger partial charge on any atom is 0.0622 e. The van der Waals surface area contributed by atoms with Crippen LogP contribution in [0.5, 0.6) is 0 Å². The number of rotatable bonds is 6. The fourth-order valence-corrected chi connectivity index (χ4v) is 3.24. The molecule has 96 valence electrons. The van der Waals surface area contributed by atoms with Crippen LogP contribution in [0.4, 0.5) is 0 Å². The summed E-state index contributed by atoms with van der Waals surface area (Å²) in [6.45, 7) is 8.03. The summed E-state index contributed by atoms with van der Waals surface area (Å²) >= 11 is 0. The molecule has 1 rings (SSSR count). The molecule has 0 aromatic heterocycles. The topological polar surface area (TPSA) is 38.3 Å². The van der Waals surface area contributed by atoms with Gasteiger partial charge in [-0.05, 0) is 25.7 Å². The van der Waals surface area contributed by atoms with Crippen molar-refractivity contribution in [3.63, 3.8) is 0 Å². The first-order valence-corrected chi connectivity index (χ1v) is 7.81. The summed E-state index contributed by atoms with van der Waals surface area (Å²) in [6, 6.07) is 0.960. The third kappa shape index (κ3) is 4.93. The van der Waals surface area contributed by atoms with Gasteiger partial charge in [0.15, 0.2) is 0 Å². The van der Waals surface area contributed by atoms with Crippen LogP contribution in [0.25, 0.3) is 0 Å². The zero-order chi connectivity index (χ0) is 12.0. The van der Waals surface area contributed by atoms with E-state index in [0.717, 1.165) is 37.6 Å². The van der Waals surface area contributed by atoms with Crippen molar-refractivity contribution in [2.75, 3.05) is 24.7 Å². The van der Waals surface area contributed by atoms with Crippen molar-refractivity contribution in [1.29, 1.82) is 0 Å². The molecule has 1 saturated heterocycles. The van der Waals surface area contributed by atoms with E-state index < -0.39 is 10.8 Å². The summed E-state index contributed by atoms with van der Waals surface area (Å²) < 4.78 is 16.8. The van der Waals surface area contributed by atoms with Crippen LogP contribution in [-0.4, -0.2) is 41.0 Å². The molecule has 3 nitrogen and oxygen atoms in total. The van der Waals surface area contributed by atoms with Crippen LogP contribution >= 0.6 is 0 Å². The van der Waals surface area contributed by atoms with Crippen LogP contribution in [0.3, 0.4) is 0 Å². The molecule has 0 aromatic carbocycles. The van der Waals surface area contributed by atoms with Crippen molar-refractivity contribution in [3.05, 3.63) is 0 Å². The number of ether oxygens (including phenoxy) is 1. The van der Waals surface area contributed by atoms with E-state index in [-0.39, 0.29) is 0 Å². The molecule has 1 unspecified atom stereocenters. The zero-order valence-corrected chi connectivity index (χ0v) is 11.5. The van der Waals surface area contributed by atoms with Crippen molar-refractivity contribution in [3.8, 4) is 0 Å². The Hall–Kier alpha value is 0.0700. The third-order valence-electron chi connectivity index (χ3n) is 3.14. The van der Waals surface area contributed by atoms with E-state index in [2.05, 4.69) is 19.2 Å². The lowest BCUT2D eigenvalue weighted by molar-refractivity contribution is 0.102. The first-order valence-electron chi connectivity index (χ1n) is 6.32. The average molecular weight is 247 g/mol. The molecule has 4 heteroatoms. The highest BCUT2D eigenvalue weighted by molar-refractivity contribution is 7.85. The Morgan fingerprint density at radius 1 is 1.38 bits per heavy atom. The Labute approximate surface area is 102 Å². The standard InChI is InChI=1S/C12H25NO2S/c1-4-15-9-12(10(2)3)13-11-5-7-16(14)8-6-11/h10-13H,4-9H2,1-3H3. The highest BCUT2D eigenvalue weighted by Crippen LogP contribution is 2.12. The largest absolute Gasteiger partial charge is 0.380 e. The maximum absolute atomic E-state index is 11.3. The van der Waals surface area contributed by atoms with Crippen molar-refractivity contribution >= 4 is 10.8 Å². The second-order valence-electron chi connectivity index (χ2n) is 4.80. The highest BCUT2D eigenvalue weighted by atomic mass is 32.2. The van der Waals surface area contributed by atoms with Crippen molar-refractivity contribution in [1.82, 2.24) is 5.32 Å². The Bertz CT molecular complexity index is 211. The normalized spacial score (nSPS) is 28.2. The third-order valence-corrected chi connectivity index (χ3v) is 4.53. The van der Waals surface area contributed by atoms with Crippen molar-refractivity contribution in [2.24, 2.45) is 5.92 Å². The Morgan fingerprint density at radius 2 is 2.00 bits per heavy atom. The summed E-state index contributed by atoms with van der Waals surface area (Å²) in [5.74, 6) is 2.30. The molecular weight excluding hydrogens is 222 g/mol. The van der Waals surface area contributed by atoms with Crippen LogP contribution in [-0.2, 0) is 15.5 Å². The fraction of sp³-hybridized carbons (Fsp3) is 1.00. The number of hydrogen-bond acceptors (Lipinski definition) is 3. The van der Waals surface area contributed by atoms with Gasteiger partial charge in [-0.15, -0.1) is 0 Å². The molecule has 1 fully saturated rings. The lowest BCUT2D eigenvalue weighted by Gasteiger charge is -2.30. The van der Waals surface area contributed by atoms with E-state index in [1.807, 2.05) is 6.92 Å². The maximum atomic E-state index is 11.3. The van der Waals surface area contributed by atoms with Crippen LogP contribution in [0.2, 0.25) is 0 Å². The Morgan fingerprint density at radius 3 is 2.50 bits per heavy atom. The summed E-state index contributed by atoms with van der Waals surface area (Å²) in [5.41, 5.74) is 0. The molecule has 1 atom stereocenters. The summed E-state index contributed by atoms with van der Waals surface area (Å²) in [5, 5.41) is 3.65. The Kier molecular flexibility index (Phi) is 6.54. The molecule has 0 radical (unpaired) electrons. The van der Waals surface area contributed by atoms with Crippen molar-refractivity contribution in [2.45, 2.75) is 45.7 Å². The predicted octanol–water partition coefficient (Wildman–Crippen LogP) is 1.55. The van der Waals surface area contributed by atoms with Gasteiger partial charge < -0.3 is 10.1 Å². The van der Waals surface area contributed by atoms with E-state index in [4.69, 9.17) is 4.74 Å². The van der Waals surface area contributed by atoms with Gasteiger partial charge in [0.25, 0.3) is 0 Å². The van der Waals surface area contributed by atoms with Crippen LogP contribution < -0.4 is 5.32 Å². The first kappa shape index (κ1) is 14.1. The molecule has 0 spiro atoms. The second kappa shape index (κ2) is 7.41. The molecule has 1 N–H and O–H groups in total. The quantitative estimate of drug-likeness (QED) is 0.774. The highest BCUT2D eigenvalue weighted by Gasteiger charge is 2.22. The smallest absolute Gasteiger partial charge is 0.0622 e. The van der Waals surface area contributed by atoms with Gasteiger partial charge in [0.1, 0.15) is 0 Å². The summed E-state index contributed by atoms with van der Waals surface area (Å²) in [7, 11) is -0.563. The SMILES string of the molecule is CCOCC(NC1CCS(=O)CC1)C(C)C. The van der Waals surface area contributed by atoms with Gasteiger partial charge in [-0.25, -0.2) is 0 Å². The molecule has 16 heavy (non-hydrogen) atoms. The minimum Gasteiger partial charge on any atom is -0.380 e. The van der Waals surface area contributed by atoms with Gasteiger partial charge in [0, 0.05) is 41.0 Å². The zero-order valence-electron chi connectivity index (χ0n) is 10.7. The van der Waals surface area contributed by atoms with Gasteiger partial charge in [0.05, 0.1) is 6.61 Å². The number of nitrogens with one attached hydrogen (secondary N) is 1. The molecule has 0 aromatic rings. The minimum atomic E-state index is -0.563. The van der Waals surface area contributed by atoms with E-state index in [1.165, 1.54) is 0 Å². The van der Waals surface area contributed by atoms with Crippen LogP contribution in [0.1, 0.15) is 33.6 Å². The molecular formula is C12H25NO2S. The number of hydrogen-bond donors (Lipinski definition) is 1. The fourth-order valence-electron chi connectivity index (χ4n) is 1.94. The lowest BCUT2D eigenvalue weighted by atomic mass is 10.0. The predicted molar refractivity (Wildman–Crippen MR) is 69.2 cm³/mol. The van der Waals surface area contributed by atoms with E-state index in [0.29, 0.717) is 18.0 Å². The molecule has 0 amide bonds. The summed E-state index contributed by atoms with van der Waals surface area (Å²) in [6.07, 6.45) is 2.09.